The average molecular weight is 357 g/mol. The van der Waals surface area contributed by atoms with Gasteiger partial charge < -0.3 is 5.11 Å². The van der Waals surface area contributed by atoms with Crippen LogP contribution in [0.3, 0.4) is 0 Å². The highest BCUT2D eigenvalue weighted by molar-refractivity contribution is 9.10. The van der Waals surface area contributed by atoms with Crippen molar-refractivity contribution in [3.05, 3.63) is 0 Å². The topological polar surface area (TPSA) is 37.3 Å². The molecule has 0 spiro atoms. The Labute approximate surface area is 114 Å². The van der Waals surface area contributed by atoms with E-state index in [1.54, 1.807) is 6.92 Å². The van der Waals surface area contributed by atoms with E-state index in [9.17, 15) is 4.79 Å². The van der Waals surface area contributed by atoms with Gasteiger partial charge in [0.05, 0.1) is 0 Å². The zero-order valence-corrected chi connectivity index (χ0v) is 13.3. The van der Waals surface area contributed by atoms with Gasteiger partial charge in [0.15, 0.2) is 0 Å². The quantitative estimate of drug-likeness (QED) is 0.317. The van der Waals surface area contributed by atoms with Crippen LogP contribution in [0.4, 0.5) is 0 Å². The monoisotopic (exact) mass is 354 g/mol. The molecule has 0 aromatic rings. The third kappa shape index (κ3) is 8.80. The van der Waals surface area contributed by atoms with Crippen LogP contribution in [0.25, 0.3) is 0 Å². The van der Waals surface area contributed by atoms with Gasteiger partial charge in [-0.25, -0.2) is 0 Å². The lowest BCUT2D eigenvalue weighted by Gasteiger charge is -2.16. The van der Waals surface area contributed by atoms with Crippen LogP contribution >= 0.6 is 49.2 Å². The van der Waals surface area contributed by atoms with Gasteiger partial charge in [0.2, 0.25) is 0 Å². The van der Waals surface area contributed by atoms with Gasteiger partial charge >= 0.3 is 12.0 Å². The Morgan fingerprint density at radius 1 is 1.33 bits per heavy atom. The Balaban J connectivity index is 3.60. The third-order valence-corrected chi connectivity index (χ3v) is 5.41. The fraction of sp³-hybridized carbons (Fsp3) is 0.875. The number of carboxylic acids is 1. The highest BCUT2D eigenvalue weighted by atomic mass is 79.9. The fourth-order valence-corrected chi connectivity index (χ4v) is 3.20. The van der Waals surface area contributed by atoms with Gasteiger partial charge in [-0.2, -0.15) is 0 Å². The van der Waals surface area contributed by atoms with Crippen molar-refractivity contribution < 1.29 is 9.90 Å². The second kappa shape index (κ2) is 6.69. The van der Waals surface area contributed by atoms with Gasteiger partial charge in [-0.15, -0.1) is 33.2 Å². The van der Waals surface area contributed by atoms with Crippen LogP contribution in [0, 0.1) is 0 Å². The van der Waals surface area contributed by atoms with E-state index >= 15 is 0 Å². The van der Waals surface area contributed by atoms with Crippen LogP contribution in [0.1, 0.15) is 32.6 Å². The van der Waals surface area contributed by atoms with Gasteiger partial charge in [-0.1, -0.05) is 35.2 Å². The van der Waals surface area contributed by atoms with Gasteiger partial charge in [0.1, 0.15) is 4.32 Å². The van der Waals surface area contributed by atoms with Crippen molar-refractivity contribution >= 4 is 61.1 Å². The van der Waals surface area contributed by atoms with E-state index < -0.39 is 16.3 Å². The smallest absolute Gasteiger partial charge is 0.341 e. The molecule has 0 aliphatic carbocycles. The molecule has 0 saturated heterocycles. The number of unbranched alkanes of at least 4 members (excludes halogenated alkanes) is 2. The first kappa shape index (κ1) is 16.0. The standard InChI is InChI=1S/C8H14BrCl3O2Si/c1-8(9,7(13)14)5-3-2-4-6-15(10,11)12/h2-6H2,1H3,(H,13,14). The van der Waals surface area contributed by atoms with E-state index in [1.165, 1.54) is 0 Å². The number of aliphatic carboxylic acids is 1. The van der Waals surface area contributed by atoms with Crippen molar-refractivity contribution in [1.82, 2.24) is 0 Å². The summed E-state index contributed by atoms with van der Waals surface area (Å²) in [5.74, 6) is -0.835. The van der Waals surface area contributed by atoms with Crippen molar-refractivity contribution in [1.29, 1.82) is 0 Å². The molecular weight excluding hydrogens is 342 g/mol. The molecule has 90 valence electrons. The zero-order chi connectivity index (χ0) is 12.1. The molecule has 0 fully saturated rings. The SMILES string of the molecule is CC(Br)(CCCCC[Si](Cl)(Cl)Cl)C(=O)O. The normalized spacial score (nSPS) is 16.1. The first-order valence-corrected chi connectivity index (χ1v) is 10.7. The van der Waals surface area contributed by atoms with Crippen LogP contribution in [0.5, 0.6) is 0 Å². The van der Waals surface area contributed by atoms with Crippen LogP contribution in [-0.4, -0.2) is 21.4 Å². The van der Waals surface area contributed by atoms with Gasteiger partial charge in [0, 0.05) is 0 Å². The summed E-state index contributed by atoms with van der Waals surface area (Å²) < 4.78 is -0.829. The minimum absolute atomic E-state index is 0.587. The first-order valence-electron chi connectivity index (χ1n) is 4.64. The maximum Gasteiger partial charge on any atom is 0.341 e. The minimum Gasteiger partial charge on any atom is -0.480 e. The summed E-state index contributed by atoms with van der Waals surface area (Å²) in [6.45, 7) is 1.65. The molecule has 0 rings (SSSR count). The molecule has 7 heteroatoms. The van der Waals surface area contributed by atoms with Crippen molar-refractivity contribution in [2.24, 2.45) is 0 Å². The molecule has 15 heavy (non-hydrogen) atoms. The number of alkyl halides is 1. The number of rotatable bonds is 7. The summed E-state index contributed by atoms with van der Waals surface area (Å²) >= 11 is 20.3. The fourth-order valence-electron chi connectivity index (χ4n) is 1.07. The Bertz CT molecular complexity index is 218. The Morgan fingerprint density at radius 2 is 1.87 bits per heavy atom. The third-order valence-electron chi connectivity index (χ3n) is 2.05. The highest BCUT2D eigenvalue weighted by Gasteiger charge is 2.29. The van der Waals surface area contributed by atoms with Crippen molar-refractivity contribution in [3.63, 3.8) is 0 Å². The molecule has 0 saturated carbocycles. The number of hydrogen-bond acceptors (Lipinski definition) is 1. The summed E-state index contributed by atoms with van der Waals surface area (Å²) in [6, 6.07) is -1.84. The van der Waals surface area contributed by atoms with E-state index in [2.05, 4.69) is 15.9 Å². The average Bonchev–Trinajstić information content (AvgIpc) is 2.00. The van der Waals surface area contributed by atoms with E-state index in [-0.39, 0.29) is 0 Å². The molecule has 2 nitrogen and oxygen atoms in total. The minimum atomic E-state index is -2.49. The lowest BCUT2D eigenvalue weighted by atomic mass is 10.0. The molecule has 0 aliphatic heterocycles. The molecular formula is C8H14BrCl3O2Si. The predicted molar refractivity (Wildman–Crippen MR) is 71.6 cm³/mol. The van der Waals surface area contributed by atoms with Crippen molar-refractivity contribution in [2.75, 3.05) is 0 Å². The first-order chi connectivity index (χ1) is 6.65. The van der Waals surface area contributed by atoms with Crippen LogP contribution < -0.4 is 0 Å². The molecule has 1 atom stereocenters. The second-order valence-electron chi connectivity index (χ2n) is 3.68. The van der Waals surface area contributed by atoms with Gasteiger partial charge in [-0.3, -0.25) is 4.79 Å². The molecule has 0 aliphatic rings. The van der Waals surface area contributed by atoms with Crippen molar-refractivity contribution in [3.8, 4) is 0 Å². The Hall–Kier alpha value is 1.04. The Kier molecular flexibility index (Phi) is 7.16. The summed E-state index contributed by atoms with van der Waals surface area (Å²) in [7, 11) is 0. The summed E-state index contributed by atoms with van der Waals surface area (Å²) in [5, 5.41) is 8.82. The van der Waals surface area contributed by atoms with Crippen LogP contribution in [0.2, 0.25) is 6.04 Å². The van der Waals surface area contributed by atoms with Crippen LogP contribution in [0.15, 0.2) is 0 Å². The lowest BCUT2D eigenvalue weighted by Crippen LogP contribution is -2.27. The second-order valence-corrected chi connectivity index (χ2v) is 14.7. The molecule has 0 amide bonds. The number of carboxylic acid groups (broad SMARTS) is 1. The molecule has 0 bridgehead atoms. The van der Waals surface area contributed by atoms with Crippen LogP contribution in [-0.2, 0) is 4.79 Å². The lowest BCUT2D eigenvalue weighted by molar-refractivity contribution is -0.139. The maximum atomic E-state index is 10.7. The highest BCUT2D eigenvalue weighted by Crippen LogP contribution is 2.29. The van der Waals surface area contributed by atoms with E-state index in [1.807, 2.05) is 0 Å². The number of carbonyl (C=O) groups is 1. The molecule has 0 heterocycles. The maximum absolute atomic E-state index is 10.7. The Morgan fingerprint density at radius 3 is 2.27 bits per heavy atom. The van der Waals surface area contributed by atoms with E-state index in [0.29, 0.717) is 12.5 Å². The molecule has 1 unspecified atom stereocenters. The van der Waals surface area contributed by atoms with Crippen molar-refractivity contribution in [2.45, 2.75) is 43.0 Å². The van der Waals surface area contributed by atoms with E-state index in [4.69, 9.17) is 38.3 Å². The molecule has 0 aromatic carbocycles. The largest absolute Gasteiger partial charge is 0.480 e. The molecule has 1 N–H and O–H groups in total. The molecule has 0 radical (unpaired) electrons. The predicted octanol–water partition coefficient (Wildman–Crippen LogP) is 4.44. The number of hydrogen-bond donors (Lipinski definition) is 1. The number of halogens is 4. The summed E-state index contributed by atoms with van der Waals surface area (Å²) in [5.41, 5.74) is 0. The summed E-state index contributed by atoms with van der Waals surface area (Å²) in [6.07, 6.45) is 3.16. The molecule has 0 aromatic heterocycles. The van der Waals surface area contributed by atoms with E-state index in [0.717, 1.165) is 19.3 Å². The van der Waals surface area contributed by atoms with Gasteiger partial charge in [-0.05, 0) is 19.4 Å². The zero-order valence-electron chi connectivity index (χ0n) is 8.40. The van der Waals surface area contributed by atoms with Gasteiger partial charge in [0.25, 0.3) is 0 Å². The summed E-state index contributed by atoms with van der Waals surface area (Å²) in [4.78, 5) is 10.7.